The molecule has 2 atom stereocenters. The van der Waals surface area contributed by atoms with E-state index in [4.69, 9.17) is 4.74 Å². The van der Waals surface area contributed by atoms with Crippen molar-refractivity contribution >= 4 is 17.4 Å². The third-order valence-corrected chi connectivity index (χ3v) is 5.74. The van der Waals surface area contributed by atoms with Crippen LogP contribution >= 0.6 is 11.5 Å². The first-order valence-corrected chi connectivity index (χ1v) is 9.41. The zero-order chi connectivity index (χ0) is 17.4. The average Bonchev–Trinajstić information content (AvgIpc) is 3.03. The van der Waals surface area contributed by atoms with Crippen LogP contribution in [0.3, 0.4) is 0 Å². The van der Waals surface area contributed by atoms with Gasteiger partial charge in [0.05, 0.1) is 19.1 Å². The Hall–Kier alpha value is -1.93. The van der Waals surface area contributed by atoms with E-state index in [1.165, 1.54) is 16.4 Å². The van der Waals surface area contributed by atoms with Gasteiger partial charge in [-0.05, 0) is 24.4 Å². The maximum Gasteiger partial charge on any atom is 0.225 e. The predicted molar refractivity (Wildman–Crippen MR) is 94.5 cm³/mol. The largest absolute Gasteiger partial charge is 0.480 e. The summed E-state index contributed by atoms with van der Waals surface area (Å²) in [5, 5.41) is 3.27. The number of carbonyl (C=O) groups is 1. The van der Waals surface area contributed by atoms with E-state index in [1.807, 2.05) is 25.5 Å². The van der Waals surface area contributed by atoms with Crippen molar-refractivity contribution in [2.24, 2.45) is 13.0 Å². The van der Waals surface area contributed by atoms with E-state index in [-0.39, 0.29) is 23.8 Å². The molecule has 1 saturated heterocycles. The number of amides is 1. The summed E-state index contributed by atoms with van der Waals surface area (Å²) in [4.78, 5) is 20.4. The minimum absolute atomic E-state index is 0.101. The lowest BCUT2D eigenvalue weighted by atomic mass is 10.0. The average molecular weight is 361 g/mol. The highest BCUT2D eigenvalue weighted by molar-refractivity contribution is 7.05. The number of hydrogen-bond donors (Lipinski definition) is 1. The number of imidazole rings is 1. The van der Waals surface area contributed by atoms with Gasteiger partial charge in [-0.15, -0.1) is 0 Å². The minimum Gasteiger partial charge on any atom is -0.480 e. The number of aromatic nitrogens is 3. The van der Waals surface area contributed by atoms with Gasteiger partial charge in [0.15, 0.2) is 0 Å². The van der Waals surface area contributed by atoms with Crippen molar-refractivity contribution in [3.8, 4) is 5.88 Å². The lowest BCUT2D eigenvalue weighted by Crippen LogP contribution is -2.41. The third kappa shape index (κ3) is 3.55. The number of nitrogens with zero attached hydrogens (tertiary/aromatic N) is 4. The van der Waals surface area contributed by atoms with Gasteiger partial charge < -0.3 is 14.6 Å². The summed E-state index contributed by atoms with van der Waals surface area (Å²) in [6.45, 7) is 2.52. The molecule has 2 aromatic rings. The molecule has 0 bridgehead atoms. The second-order valence-electron chi connectivity index (χ2n) is 6.92. The summed E-state index contributed by atoms with van der Waals surface area (Å²) in [6.07, 6.45) is 5.84. The van der Waals surface area contributed by atoms with Gasteiger partial charge in [0.25, 0.3) is 0 Å². The van der Waals surface area contributed by atoms with Crippen LogP contribution in [0.15, 0.2) is 18.5 Å². The van der Waals surface area contributed by atoms with Crippen molar-refractivity contribution < 1.29 is 9.53 Å². The SMILES string of the molecule is COc1cc(CN2C[C@@H](NC(=O)C3CC3)[C@H](c3nccn3C)C2)sn1. The van der Waals surface area contributed by atoms with E-state index in [0.717, 1.165) is 38.3 Å². The van der Waals surface area contributed by atoms with Crippen LogP contribution in [0.2, 0.25) is 0 Å². The smallest absolute Gasteiger partial charge is 0.225 e. The molecule has 0 unspecified atom stereocenters. The number of rotatable bonds is 6. The quantitative estimate of drug-likeness (QED) is 0.842. The van der Waals surface area contributed by atoms with Gasteiger partial charge in [-0.3, -0.25) is 9.69 Å². The maximum atomic E-state index is 12.3. The van der Waals surface area contributed by atoms with Gasteiger partial charge >= 0.3 is 0 Å². The molecule has 1 aliphatic carbocycles. The molecule has 2 aliphatic rings. The Balaban J connectivity index is 1.48. The van der Waals surface area contributed by atoms with Gasteiger partial charge in [0.1, 0.15) is 5.82 Å². The first-order chi connectivity index (χ1) is 12.1. The molecule has 1 amide bonds. The lowest BCUT2D eigenvalue weighted by Gasteiger charge is -2.19. The fourth-order valence-corrected chi connectivity index (χ4v) is 4.22. The molecule has 1 aliphatic heterocycles. The van der Waals surface area contributed by atoms with E-state index in [1.54, 1.807) is 7.11 Å². The monoisotopic (exact) mass is 361 g/mol. The molecule has 8 heteroatoms. The van der Waals surface area contributed by atoms with Crippen LogP contribution < -0.4 is 10.1 Å². The number of ether oxygens (including phenoxy) is 1. The molecule has 25 heavy (non-hydrogen) atoms. The lowest BCUT2D eigenvalue weighted by molar-refractivity contribution is -0.123. The molecule has 2 fully saturated rings. The van der Waals surface area contributed by atoms with E-state index in [0.29, 0.717) is 5.88 Å². The summed E-state index contributed by atoms with van der Waals surface area (Å²) in [6, 6.07) is 2.08. The van der Waals surface area contributed by atoms with Crippen LogP contribution in [0.1, 0.15) is 29.5 Å². The van der Waals surface area contributed by atoms with Crippen molar-refractivity contribution in [3.63, 3.8) is 0 Å². The Bertz CT molecular complexity index is 754. The van der Waals surface area contributed by atoms with Gasteiger partial charge in [0.2, 0.25) is 11.8 Å². The Morgan fingerprint density at radius 3 is 2.92 bits per heavy atom. The maximum absolute atomic E-state index is 12.3. The Labute approximate surface area is 151 Å². The number of hydrogen-bond acceptors (Lipinski definition) is 6. The molecular formula is C17H23N5O2S. The second kappa shape index (κ2) is 6.76. The zero-order valence-electron chi connectivity index (χ0n) is 14.5. The number of aryl methyl sites for hydroxylation is 1. The Morgan fingerprint density at radius 1 is 1.44 bits per heavy atom. The Kier molecular flexibility index (Phi) is 4.47. The molecule has 0 spiro atoms. The van der Waals surface area contributed by atoms with Gasteiger partial charge in [-0.1, -0.05) is 0 Å². The molecule has 7 nitrogen and oxygen atoms in total. The fraction of sp³-hybridized carbons (Fsp3) is 0.588. The predicted octanol–water partition coefficient (Wildman–Crippen LogP) is 1.38. The molecule has 0 radical (unpaired) electrons. The van der Waals surface area contributed by atoms with Crippen molar-refractivity contribution in [1.29, 1.82) is 0 Å². The van der Waals surface area contributed by atoms with Crippen LogP contribution in [-0.4, -0.2) is 51.0 Å². The van der Waals surface area contributed by atoms with Gasteiger partial charge in [0, 0.05) is 55.9 Å². The molecule has 1 N–H and O–H groups in total. The van der Waals surface area contributed by atoms with Crippen molar-refractivity contribution in [2.45, 2.75) is 31.3 Å². The van der Waals surface area contributed by atoms with Crippen molar-refractivity contribution in [2.75, 3.05) is 20.2 Å². The first kappa shape index (κ1) is 16.5. The van der Waals surface area contributed by atoms with Crippen molar-refractivity contribution in [3.05, 3.63) is 29.2 Å². The van der Waals surface area contributed by atoms with E-state index < -0.39 is 0 Å². The van der Waals surface area contributed by atoms with Crippen LogP contribution in [0.5, 0.6) is 5.88 Å². The molecule has 2 aromatic heterocycles. The topological polar surface area (TPSA) is 72.3 Å². The number of likely N-dealkylation sites (tertiary alicyclic amines) is 1. The second-order valence-corrected chi connectivity index (χ2v) is 7.81. The van der Waals surface area contributed by atoms with E-state index in [2.05, 4.69) is 24.1 Å². The molecule has 1 saturated carbocycles. The Morgan fingerprint density at radius 2 is 2.28 bits per heavy atom. The minimum atomic E-state index is 0.101. The zero-order valence-corrected chi connectivity index (χ0v) is 15.3. The standard InChI is InChI=1S/C17H23N5O2S/c1-21-6-5-18-16(21)13-9-22(8-12-7-15(24-2)20-25-12)10-14(13)19-17(23)11-3-4-11/h5-7,11,13-14H,3-4,8-10H2,1-2H3,(H,19,23)/t13-,14-/m1/s1. The van der Waals surface area contributed by atoms with Crippen LogP contribution in [-0.2, 0) is 18.4 Å². The highest BCUT2D eigenvalue weighted by Crippen LogP contribution is 2.32. The number of carbonyl (C=O) groups excluding carboxylic acids is 1. The molecule has 134 valence electrons. The van der Waals surface area contributed by atoms with Gasteiger partial charge in [-0.2, -0.15) is 4.37 Å². The van der Waals surface area contributed by atoms with Gasteiger partial charge in [-0.25, -0.2) is 4.98 Å². The summed E-state index contributed by atoms with van der Waals surface area (Å²) in [5.74, 6) is 2.33. The summed E-state index contributed by atoms with van der Waals surface area (Å²) in [7, 11) is 3.65. The fourth-order valence-electron chi connectivity index (χ4n) is 3.49. The summed E-state index contributed by atoms with van der Waals surface area (Å²) < 4.78 is 11.5. The first-order valence-electron chi connectivity index (χ1n) is 8.63. The van der Waals surface area contributed by atoms with Crippen LogP contribution in [0, 0.1) is 5.92 Å². The molecule has 3 heterocycles. The van der Waals surface area contributed by atoms with E-state index >= 15 is 0 Å². The normalized spacial score (nSPS) is 23.8. The third-order valence-electron chi connectivity index (χ3n) is 4.99. The molecular weight excluding hydrogens is 338 g/mol. The number of nitrogens with one attached hydrogen (secondary N) is 1. The van der Waals surface area contributed by atoms with E-state index in [9.17, 15) is 4.79 Å². The summed E-state index contributed by atoms with van der Waals surface area (Å²) >= 11 is 1.47. The highest BCUT2D eigenvalue weighted by atomic mass is 32.1. The highest BCUT2D eigenvalue weighted by Gasteiger charge is 2.39. The van der Waals surface area contributed by atoms with Crippen molar-refractivity contribution in [1.82, 2.24) is 24.1 Å². The van der Waals surface area contributed by atoms with Crippen LogP contribution in [0.4, 0.5) is 0 Å². The number of methoxy groups -OCH3 is 1. The van der Waals surface area contributed by atoms with Crippen LogP contribution in [0.25, 0.3) is 0 Å². The molecule has 0 aromatic carbocycles. The summed E-state index contributed by atoms with van der Waals surface area (Å²) in [5.41, 5.74) is 0. The molecule has 4 rings (SSSR count).